The summed E-state index contributed by atoms with van der Waals surface area (Å²) < 4.78 is 24.8. The van der Waals surface area contributed by atoms with Gasteiger partial charge in [0.25, 0.3) is 5.91 Å². The van der Waals surface area contributed by atoms with Gasteiger partial charge >= 0.3 is 0 Å². The third-order valence-corrected chi connectivity index (χ3v) is 3.80. The average molecular weight is 367 g/mol. The van der Waals surface area contributed by atoms with Crippen molar-refractivity contribution in [2.45, 2.75) is 11.3 Å². The van der Waals surface area contributed by atoms with Gasteiger partial charge in [-0.3, -0.25) is 4.79 Å². The molecule has 0 spiro atoms. The second-order valence-electron chi connectivity index (χ2n) is 3.94. The number of rotatable bonds is 6. The number of benzene rings is 1. The SMILES string of the molecule is CS(=O)(=O)NCCCNC(=O)c1ccc(Br)cc1S. The van der Waals surface area contributed by atoms with Crippen molar-refractivity contribution in [2.24, 2.45) is 0 Å². The van der Waals surface area contributed by atoms with Crippen molar-refractivity contribution < 1.29 is 13.2 Å². The summed E-state index contributed by atoms with van der Waals surface area (Å²) in [6, 6.07) is 5.18. The van der Waals surface area contributed by atoms with E-state index in [1.54, 1.807) is 18.2 Å². The Morgan fingerprint density at radius 3 is 2.63 bits per heavy atom. The second kappa shape index (κ2) is 7.28. The molecule has 1 aromatic rings. The monoisotopic (exact) mass is 366 g/mol. The first kappa shape index (κ1) is 16.5. The molecule has 0 aliphatic heterocycles. The zero-order chi connectivity index (χ0) is 14.5. The molecule has 0 saturated heterocycles. The lowest BCUT2D eigenvalue weighted by Crippen LogP contribution is -2.29. The molecule has 0 aliphatic carbocycles. The number of carbonyl (C=O) groups is 1. The van der Waals surface area contributed by atoms with Gasteiger partial charge in [0.1, 0.15) is 0 Å². The Labute approximate surface area is 126 Å². The maximum absolute atomic E-state index is 11.8. The molecule has 0 heterocycles. The van der Waals surface area contributed by atoms with Gasteiger partial charge in [0.15, 0.2) is 0 Å². The fourth-order valence-corrected chi connectivity index (χ4v) is 2.71. The van der Waals surface area contributed by atoms with Crippen LogP contribution in [0.2, 0.25) is 0 Å². The number of hydrogen-bond donors (Lipinski definition) is 3. The normalized spacial score (nSPS) is 11.3. The minimum atomic E-state index is -3.17. The van der Waals surface area contributed by atoms with Crippen LogP contribution in [-0.4, -0.2) is 33.7 Å². The van der Waals surface area contributed by atoms with E-state index in [0.29, 0.717) is 30.0 Å². The van der Waals surface area contributed by atoms with Crippen molar-refractivity contribution in [1.82, 2.24) is 10.0 Å². The second-order valence-corrected chi connectivity index (χ2v) is 7.17. The van der Waals surface area contributed by atoms with Gasteiger partial charge in [0.2, 0.25) is 10.0 Å². The Kier molecular flexibility index (Phi) is 6.31. The number of thiol groups is 1. The fourth-order valence-electron chi connectivity index (χ4n) is 1.34. The first-order valence-electron chi connectivity index (χ1n) is 5.51. The number of halogens is 1. The van der Waals surface area contributed by atoms with E-state index in [2.05, 4.69) is 38.6 Å². The summed E-state index contributed by atoms with van der Waals surface area (Å²) in [7, 11) is -3.17. The predicted octanol–water partition coefficient (Wildman–Crippen LogP) is 1.41. The quantitative estimate of drug-likeness (QED) is 0.526. The van der Waals surface area contributed by atoms with Gasteiger partial charge in [0, 0.05) is 22.5 Å². The third-order valence-electron chi connectivity index (χ3n) is 2.21. The highest BCUT2D eigenvalue weighted by atomic mass is 79.9. The largest absolute Gasteiger partial charge is 0.352 e. The van der Waals surface area contributed by atoms with Crippen molar-refractivity contribution in [3.8, 4) is 0 Å². The molecule has 0 unspecified atom stereocenters. The van der Waals surface area contributed by atoms with E-state index >= 15 is 0 Å². The summed E-state index contributed by atoms with van der Waals surface area (Å²) in [6.07, 6.45) is 1.62. The Hall–Kier alpha value is -0.570. The molecule has 8 heteroatoms. The molecule has 0 aromatic heterocycles. The zero-order valence-electron chi connectivity index (χ0n) is 10.3. The zero-order valence-corrected chi connectivity index (χ0v) is 13.6. The van der Waals surface area contributed by atoms with Crippen LogP contribution in [0.15, 0.2) is 27.6 Å². The van der Waals surface area contributed by atoms with Gasteiger partial charge in [-0.05, 0) is 24.6 Å². The Bertz CT molecular complexity index is 561. The summed E-state index contributed by atoms with van der Waals surface area (Å²) in [5.41, 5.74) is 0.489. The maximum Gasteiger partial charge on any atom is 0.252 e. The van der Waals surface area contributed by atoms with Gasteiger partial charge in [-0.25, -0.2) is 13.1 Å². The first-order chi connectivity index (χ1) is 8.79. The van der Waals surface area contributed by atoms with Crippen LogP contribution in [0.1, 0.15) is 16.8 Å². The molecule has 19 heavy (non-hydrogen) atoms. The standard InChI is InChI=1S/C11H15BrN2O3S2/c1-19(16,17)14-6-2-5-13-11(15)9-4-3-8(12)7-10(9)18/h3-4,7,14,18H,2,5-6H2,1H3,(H,13,15). The molecule has 106 valence electrons. The summed E-state index contributed by atoms with van der Waals surface area (Å²) in [4.78, 5) is 12.4. The lowest BCUT2D eigenvalue weighted by Gasteiger charge is -2.07. The van der Waals surface area contributed by atoms with E-state index in [4.69, 9.17) is 0 Å². The molecule has 1 rings (SSSR count). The van der Waals surface area contributed by atoms with Crippen LogP contribution >= 0.6 is 28.6 Å². The van der Waals surface area contributed by atoms with Crippen LogP contribution < -0.4 is 10.0 Å². The number of hydrogen-bond acceptors (Lipinski definition) is 4. The van der Waals surface area contributed by atoms with Gasteiger partial charge in [-0.2, -0.15) is 0 Å². The molecule has 5 nitrogen and oxygen atoms in total. The molecule has 0 fully saturated rings. The molecule has 1 amide bonds. The van der Waals surface area contributed by atoms with Gasteiger partial charge < -0.3 is 5.32 Å². The van der Waals surface area contributed by atoms with Gasteiger partial charge in [-0.15, -0.1) is 12.6 Å². The Morgan fingerprint density at radius 2 is 2.05 bits per heavy atom. The minimum absolute atomic E-state index is 0.225. The maximum atomic E-state index is 11.8. The summed E-state index contributed by atoms with van der Waals surface area (Å²) in [5, 5.41) is 2.71. The van der Waals surface area contributed by atoms with Crippen molar-refractivity contribution >= 4 is 44.5 Å². The van der Waals surface area contributed by atoms with E-state index in [-0.39, 0.29) is 5.91 Å². The molecule has 0 saturated carbocycles. The molecule has 0 aliphatic rings. The fraction of sp³-hybridized carbons (Fsp3) is 0.364. The van der Waals surface area contributed by atoms with Gasteiger partial charge in [-0.1, -0.05) is 15.9 Å². The Balaban J connectivity index is 2.39. The number of carbonyl (C=O) groups excluding carboxylic acids is 1. The van der Waals surface area contributed by atoms with E-state index in [9.17, 15) is 13.2 Å². The molecular formula is C11H15BrN2O3S2. The number of sulfonamides is 1. The van der Waals surface area contributed by atoms with Crippen LogP contribution in [0, 0.1) is 0 Å². The Morgan fingerprint density at radius 1 is 1.37 bits per heavy atom. The van der Waals surface area contributed by atoms with Crippen molar-refractivity contribution in [1.29, 1.82) is 0 Å². The third kappa shape index (κ3) is 6.42. The summed E-state index contributed by atoms with van der Waals surface area (Å²) in [5.74, 6) is -0.225. The highest BCUT2D eigenvalue weighted by molar-refractivity contribution is 9.10. The van der Waals surface area contributed by atoms with Crippen molar-refractivity contribution in [3.63, 3.8) is 0 Å². The lowest BCUT2D eigenvalue weighted by atomic mass is 10.2. The highest BCUT2D eigenvalue weighted by Gasteiger charge is 2.09. The lowest BCUT2D eigenvalue weighted by molar-refractivity contribution is 0.0950. The number of nitrogens with one attached hydrogen (secondary N) is 2. The minimum Gasteiger partial charge on any atom is -0.352 e. The van der Waals surface area contributed by atoms with E-state index < -0.39 is 10.0 Å². The van der Waals surface area contributed by atoms with E-state index in [1.807, 2.05) is 0 Å². The molecule has 0 bridgehead atoms. The van der Waals surface area contributed by atoms with Crippen molar-refractivity contribution in [3.05, 3.63) is 28.2 Å². The molecule has 0 atom stereocenters. The molecule has 0 radical (unpaired) electrons. The molecule has 1 aromatic carbocycles. The predicted molar refractivity (Wildman–Crippen MR) is 81.2 cm³/mol. The van der Waals surface area contributed by atoms with Crippen molar-refractivity contribution in [2.75, 3.05) is 19.3 Å². The van der Waals surface area contributed by atoms with E-state index in [0.717, 1.165) is 10.7 Å². The van der Waals surface area contributed by atoms with Crippen LogP contribution in [-0.2, 0) is 10.0 Å². The number of amides is 1. The summed E-state index contributed by atoms with van der Waals surface area (Å²) >= 11 is 7.52. The average Bonchev–Trinajstić information content (AvgIpc) is 2.26. The summed E-state index contributed by atoms with van der Waals surface area (Å²) in [6.45, 7) is 0.692. The topological polar surface area (TPSA) is 75.3 Å². The smallest absolute Gasteiger partial charge is 0.252 e. The first-order valence-corrected chi connectivity index (χ1v) is 8.64. The van der Waals surface area contributed by atoms with Crippen LogP contribution in [0.3, 0.4) is 0 Å². The van der Waals surface area contributed by atoms with Gasteiger partial charge in [0.05, 0.1) is 11.8 Å². The van der Waals surface area contributed by atoms with Crippen LogP contribution in [0.4, 0.5) is 0 Å². The van der Waals surface area contributed by atoms with Crippen LogP contribution in [0.5, 0.6) is 0 Å². The van der Waals surface area contributed by atoms with Crippen LogP contribution in [0.25, 0.3) is 0 Å². The molecule has 2 N–H and O–H groups in total. The van der Waals surface area contributed by atoms with E-state index in [1.165, 1.54) is 0 Å². The highest BCUT2D eigenvalue weighted by Crippen LogP contribution is 2.19. The molecular weight excluding hydrogens is 352 g/mol.